The summed E-state index contributed by atoms with van der Waals surface area (Å²) in [4.78, 5) is 1.87. The summed E-state index contributed by atoms with van der Waals surface area (Å²) >= 11 is 1.51. The van der Waals surface area contributed by atoms with Crippen molar-refractivity contribution in [1.82, 2.24) is 0 Å². The van der Waals surface area contributed by atoms with Crippen LogP contribution in [-0.4, -0.2) is 0 Å². The van der Waals surface area contributed by atoms with Crippen molar-refractivity contribution in [2.75, 3.05) is 0 Å². The fourth-order valence-electron chi connectivity index (χ4n) is 3.02. The highest BCUT2D eigenvalue weighted by Gasteiger charge is 2.30. The van der Waals surface area contributed by atoms with E-state index in [9.17, 15) is 13.2 Å². The molecule has 134 valence electrons. The van der Waals surface area contributed by atoms with E-state index in [0.29, 0.717) is 5.56 Å². The smallest absolute Gasteiger partial charge is 0.166 e. The van der Waals surface area contributed by atoms with Crippen LogP contribution in [0.2, 0.25) is 0 Å². The minimum Gasteiger partial charge on any atom is -0.166 e. The third-order valence-corrected chi connectivity index (χ3v) is 5.56. The van der Waals surface area contributed by atoms with Crippen LogP contribution in [0.25, 0.3) is 32.0 Å². The van der Waals surface area contributed by atoms with Crippen LogP contribution < -0.4 is 0 Å². The molecule has 0 aliphatic rings. The zero-order chi connectivity index (χ0) is 18.9. The number of halogens is 3. The Hall–Kier alpha value is -2.85. The number of hydrogen-bond acceptors (Lipinski definition) is 1. The second-order valence-electron chi connectivity index (χ2n) is 6.16. The van der Waals surface area contributed by atoms with Crippen LogP contribution in [0, 0.1) is 0 Å². The highest BCUT2D eigenvalue weighted by atomic mass is 32.1. The quantitative estimate of drug-likeness (QED) is 0.340. The van der Waals surface area contributed by atoms with Gasteiger partial charge in [0.1, 0.15) is 0 Å². The lowest BCUT2D eigenvalue weighted by Crippen LogP contribution is -2.04. The Morgan fingerprint density at radius 3 is 1.81 bits per heavy atom. The van der Waals surface area contributed by atoms with E-state index in [1.54, 1.807) is 6.07 Å². The van der Waals surface area contributed by atoms with Gasteiger partial charge in [-0.2, -0.15) is 13.2 Å². The van der Waals surface area contributed by atoms with E-state index in [2.05, 4.69) is 6.07 Å². The van der Waals surface area contributed by atoms with Crippen molar-refractivity contribution in [2.24, 2.45) is 0 Å². The van der Waals surface area contributed by atoms with Gasteiger partial charge in [-0.3, -0.25) is 0 Å². The number of benzene rings is 3. The van der Waals surface area contributed by atoms with Crippen LogP contribution in [0.4, 0.5) is 13.2 Å². The molecule has 4 aromatic rings. The van der Waals surface area contributed by atoms with Gasteiger partial charge in [-0.1, -0.05) is 72.8 Å². The van der Waals surface area contributed by atoms with E-state index in [0.717, 1.165) is 32.5 Å². The van der Waals surface area contributed by atoms with Gasteiger partial charge in [0, 0.05) is 15.3 Å². The van der Waals surface area contributed by atoms with Gasteiger partial charge in [-0.05, 0) is 34.9 Å². The molecule has 0 amide bonds. The summed E-state index contributed by atoms with van der Waals surface area (Å²) in [7, 11) is 0. The zero-order valence-corrected chi connectivity index (χ0v) is 15.0. The molecule has 0 N–H and O–H groups in total. The van der Waals surface area contributed by atoms with Crippen LogP contribution >= 0.6 is 11.3 Å². The summed E-state index contributed by atoms with van der Waals surface area (Å²) in [5.41, 5.74) is 2.93. The second kappa shape index (κ2) is 7.05. The Labute approximate surface area is 159 Å². The van der Waals surface area contributed by atoms with Crippen molar-refractivity contribution in [3.8, 4) is 32.0 Å². The van der Waals surface area contributed by atoms with Crippen molar-refractivity contribution in [2.45, 2.75) is 6.18 Å². The predicted molar refractivity (Wildman–Crippen MR) is 106 cm³/mol. The Bertz CT molecular complexity index is 1050. The molecular weight excluding hydrogens is 365 g/mol. The Balaban J connectivity index is 1.90. The molecule has 1 aromatic heterocycles. The topological polar surface area (TPSA) is 0 Å². The van der Waals surface area contributed by atoms with E-state index in [1.807, 2.05) is 60.7 Å². The lowest BCUT2D eigenvalue weighted by Gasteiger charge is -2.09. The third kappa shape index (κ3) is 3.67. The number of rotatable bonds is 3. The van der Waals surface area contributed by atoms with E-state index < -0.39 is 11.7 Å². The lowest BCUT2D eigenvalue weighted by molar-refractivity contribution is -0.137. The third-order valence-electron chi connectivity index (χ3n) is 4.33. The highest BCUT2D eigenvalue weighted by molar-refractivity contribution is 7.19. The van der Waals surface area contributed by atoms with Crippen LogP contribution in [0.5, 0.6) is 0 Å². The van der Waals surface area contributed by atoms with Gasteiger partial charge in [0.2, 0.25) is 0 Å². The largest absolute Gasteiger partial charge is 0.416 e. The molecule has 0 spiro atoms. The van der Waals surface area contributed by atoms with Crippen molar-refractivity contribution < 1.29 is 13.2 Å². The van der Waals surface area contributed by atoms with Gasteiger partial charge in [0.25, 0.3) is 0 Å². The van der Waals surface area contributed by atoms with Crippen molar-refractivity contribution in [1.29, 1.82) is 0 Å². The molecule has 0 fully saturated rings. The summed E-state index contributed by atoms with van der Waals surface area (Å²) in [6.45, 7) is 0. The standard InChI is InChI=1S/C23H15F3S/c24-23(25,26)19-13-7-12-18(14-19)22-20(16-8-3-1-4-9-16)15-21(27-22)17-10-5-2-6-11-17/h1-15H. The SMILES string of the molecule is FC(F)(F)c1cccc(-c2sc(-c3ccccc3)cc2-c2ccccc2)c1. The summed E-state index contributed by atoms with van der Waals surface area (Å²) in [6.07, 6.45) is -4.36. The van der Waals surface area contributed by atoms with Gasteiger partial charge in [0.05, 0.1) is 5.56 Å². The number of hydrogen-bond donors (Lipinski definition) is 0. The van der Waals surface area contributed by atoms with Gasteiger partial charge >= 0.3 is 6.18 Å². The molecule has 0 saturated carbocycles. The molecule has 0 radical (unpaired) electrons. The predicted octanol–water partition coefficient (Wildman–Crippen LogP) is 7.77. The first-order chi connectivity index (χ1) is 13.0. The molecule has 3 aromatic carbocycles. The molecule has 1 heterocycles. The zero-order valence-electron chi connectivity index (χ0n) is 14.2. The summed E-state index contributed by atoms with van der Waals surface area (Å²) in [6, 6.07) is 27.3. The molecule has 0 aliphatic heterocycles. The lowest BCUT2D eigenvalue weighted by atomic mass is 10.0. The Morgan fingerprint density at radius 1 is 0.593 bits per heavy atom. The molecule has 27 heavy (non-hydrogen) atoms. The minimum absolute atomic E-state index is 0.579. The molecule has 0 saturated heterocycles. The fourth-order valence-corrected chi connectivity index (χ4v) is 4.20. The van der Waals surface area contributed by atoms with Gasteiger partial charge in [0.15, 0.2) is 0 Å². The average molecular weight is 380 g/mol. The summed E-state index contributed by atoms with van der Waals surface area (Å²) in [5.74, 6) is 0. The molecule has 0 unspecified atom stereocenters. The maximum Gasteiger partial charge on any atom is 0.416 e. The van der Waals surface area contributed by atoms with E-state index >= 15 is 0 Å². The van der Waals surface area contributed by atoms with Crippen LogP contribution in [-0.2, 0) is 6.18 Å². The minimum atomic E-state index is -4.36. The molecule has 4 rings (SSSR count). The van der Waals surface area contributed by atoms with Gasteiger partial charge in [-0.15, -0.1) is 11.3 Å². The first kappa shape index (κ1) is 17.6. The summed E-state index contributed by atoms with van der Waals surface area (Å²) < 4.78 is 39.5. The molecule has 0 atom stereocenters. The molecule has 0 bridgehead atoms. The summed E-state index contributed by atoms with van der Waals surface area (Å²) in [5, 5.41) is 0. The van der Waals surface area contributed by atoms with Crippen molar-refractivity contribution in [3.63, 3.8) is 0 Å². The van der Waals surface area contributed by atoms with Crippen LogP contribution in [0.1, 0.15) is 5.56 Å². The highest BCUT2D eigenvalue weighted by Crippen LogP contribution is 2.44. The maximum atomic E-state index is 13.2. The first-order valence-electron chi connectivity index (χ1n) is 8.45. The molecular formula is C23H15F3S. The average Bonchev–Trinajstić information content (AvgIpc) is 3.14. The monoisotopic (exact) mass is 380 g/mol. The normalized spacial score (nSPS) is 11.5. The molecule has 0 nitrogen and oxygen atoms in total. The Kier molecular flexibility index (Phi) is 4.58. The first-order valence-corrected chi connectivity index (χ1v) is 9.26. The Morgan fingerprint density at radius 2 is 1.19 bits per heavy atom. The fraction of sp³-hybridized carbons (Fsp3) is 0.0435. The maximum absolute atomic E-state index is 13.2. The van der Waals surface area contributed by atoms with Crippen molar-refractivity contribution >= 4 is 11.3 Å². The van der Waals surface area contributed by atoms with Crippen LogP contribution in [0.3, 0.4) is 0 Å². The van der Waals surface area contributed by atoms with Crippen LogP contribution in [0.15, 0.2) is 91.0 Å². The van der Waals surface area contributed by atoms with E-state index in [-0.39, 0.29) is 0 Å². The number of thiophene rings is 1. The molecule has 0 aliphatic carbocycles. The van der Waals surface area contributed by atoms with Gasteiger partial charge < -0.3 is 0 Å². The molecule has 4 heteroatoms. The number of alkyl halides is 3. The van der Waals surface area contributed by atoms with Gasteiger partial charge in [-0.25, -0.2) is 0 Å². The van der Waals surface area contributed by atoms with E-state index in [4.69, 9.17) is 0 Å². The second-order valence-corrected chi connectivity index (χ2v) is 7.22. The van der Waals surface area contributed by atoms with E-state index in [1.165, 1.54) is 23.5 Å². The van der Waals surface area contributed by atoms with Crippen molar-refractivity contribution in [3.05, 3.63) is 96.6 Å².